The van der Waals surface area contributed by atoms with Gasteiger partial charge in [-0.1, -0.05) is 43.3 Å². The maximum absolute atomic E-state index is 13.1. The van der Waals surface area contributed by atoms with E-state index in [9.17, 15) is 9.59 Å². The molecule has 1 unspecified atom stereocenters. The molecule has 3 aromatic rings. The van der Waals surface area contributed by atoms with Gasteiger partial charge in [-0.05, 0) is 56.5 Å². The molecule has 10 heteroatoms. The summed E-state index contributed by atoms with van der Waals surface area (Å²) < 4.78 is 12.7. The molecule has 0 fully saturated rings. The molecular formula is C26H31N5O4S. The van der Waals surface area contributed by atoms with Crippen LogP contribution in [-0.4, -0.2) is 39.1 Å². The number of rotatable bonds is 9. The molecule has 1 aliphatic rings. The van der Waals surface area contributed by atoms with Gasteiger partial charge in [0.25, 0.3) is 5.91 Å². The monoisotopic (exact) mass is 509 g/mol. The smallest absolute Gasteiger partial charge is 0.252 e. The van der Waals surface area contributed by atoms with Gasteiger partial charge in [-0.2, -0.15) is 0 Å². The molecule has 2 aromatic carbocycles. The Morgan fingerprint density at radius 2 is 1.86 bits per heavy atom. The first-order chi connectivity index (χ1) is 17.3. The van der Waals surface area contributed by atoms with Crippen molar-refractivity contribution in [3.63, 3.8) is 0 Å². The number of aryl methyl sites for hydroxylation is 2. The van der Waals surface area contributed by atoms with E-state index in [2.05, 4.69) is 20.8 Å². The second kappa shape index (κ2) is 11.0. The van der Waals surface area contributed by atoms with Crippen LogP contribution in [0.1, 0.15) is 54.1 Å². The third kappa shape index (κ3) is 5.64. The van der Waals surface area contributed by atoms with E-state index >= 15 is 0 Å². The van der Waals surface area contributed by atoms with Crippen molar-refractivity contribution >= 4 is 29.3 Å². The summed E-state index contributed by atoms with van der Waals surface area (Å²) in [5.74, 6) is 1.73. The van der Waals surface area contributed by atoms with Crippen molar-refractivity contribution in [1.82, 2.24) is 20.1 Å². The molecule has 0 bridgehead atoms. The fraction of sp³-hybridized carbons (Fsp3) is 0.385. The first kappa shape index (κ1) is 25.6. The number of thioether (sulfide) groups is 1. The van der Waals surface area contributed by atoms with Crippen LogP contribution < -0.4 is 20.1 Å². The van der Waals surface area contributed by atoms with Gasteiger partial charge < -0.3 is 24.7 Å². The number of anilines is 1. The molecule has 0 saturated carbocycles. The maximum Gasteiger partial charge on any atom is 0.252 e. The number of benzene rings is 2. The number of hydrogen-bond acceptors (Lipinski definition) is 7. The van der Waals surface area contributed by atoms with Crippen molar-refractivity contribution in [2.24, 2.45) is 5.92 Å². The highest BCUT2D eigenvalue weighted by atomic mass is 32.2. The van der Waals surface area contributed by atoms with E-state index in [1.165, 1.54) is 11.8 Å². The summed E-state index contributed by atoms with van der Waals surface area (Å²) >= 11 is 1.32. The molecule has 36 heavy (non-hydrogen) atoms. The van der Waals surface area contributed by atoms with Crippen LogP contribution in [0.2, 0.25) is 0 Å². The Balaban J connectivity index is 1.45. The quantitative estimate of drug-likeness (QED) is 0.409. The second-order valence-electron chi connectivity index (χ2n) is 9.00. The van der Waals surface area contributed by atoms with Crippen LogP contribution in [-0.2, 0) is 11.3 Å². The normalized spacial score (nSPS) is 13.1. The fourth-order valence-corrected chi connectivity index (χ4v) is 4.81. The summed E-state index contributed by atoms with van der Waals surface area (Å²) in [6, 6.07) is 10.7. The van der Waals surface area contributed by atoms with Crippen LogP contribution >= 0.6 is 11.8 Å². The highest BCUT2D eigenvalue weighted by Crippen LogP contribution is 2.33. The number of ether oxygens (including phenoxy) is 2. The molecule has 1 aromatic heterocycles. The Morgan fingerprint density at radius 1 is 1.08 bits per heavy atom. The predicted molar refractivity (Wildman–Crippen MR) is 139 cm³/mol. The topological polar surface area (TPSA) is 107 Å². The SMILES string of the molecule is CCn1c(SCC(=O)Nc2ccc(C)cc2C)nnc1C(NC(=O)c1ccc2c(c1)OCO2)C(C)C. The van der Waals surface area contributed by atoms with Gasteiger partial charge in [0.1, 0.15) is 0 Å². The number of carbonyl (C=O) groups excluding carboxylic acids is 2. The van der Waals surface area contributed by atoms with Gasteiger partial charge in [-0.3, -0.25) is 9.59 Å². The standard InChI is InChI=1S/C26H31N5O4S/c1-6-31-24(23(15(2)3)28-25(33)18-8-10-20-21(12-18)35-14-34-20)29-30-26(31)36-13-22(32)27-19-9-7-16(4)11-17(19)5/h7-12,15,23H,6,13-14H2,1-5H3,(H,27,32)(H,28,33). The second-order valence-corrected chi connectivity index (χ2v) is 9.95. The van der Waals surface area contributed by atoms with Crippen molar-refractivity contribution in [3.05, 3.63) is 58.9 Å². The Kier molecular flexibility index (Phi) is 7.83. The fourth-order valence-electron chi connectivity index (χ4n) is 4.00. The molecule has 2 amide bonds. The molecule has 9 nitrogen and oxygen atoms in total. The summed E-state index contributed by atoms with van der Waals surface area (Å²) in [4.78, 5) is 25.6. The number of hydrogen-bond donors (Lipinski definition) is 2. The minimum Gasteiger partial charge on any atom is -0.454 e. The van der Waals surface area contributed by atoms with E-state index < -0.39 is 0 Å². The lowest BCUT2D eigenvalue weighted by Gasteiger charge is -2.22. The Bertz CT molecular complexity index is 1270. The Labute approximate surface area is 215 Å². The van der Waals surface area contributed by atoms with E-state index in [0.717, 1.165) is 16.8 Å². The van der Waals surface area contributed by atoms with Gasteiger partial charge in [0.2, 0.25) is 12.7 Å². The van der Waals surface area contributed by atoms with Crippen LogP contribution in [0, 0.1) is 19.8 Å². The van der Waals surface area contributed by atoms with Crippen molar-refractivity contribution < 1.29 is 19.1 Å². The summed E-state index contributed by atoms with van der Waals surface area (Å²) in [5.41, 5.74) is 3.44. The van der Waals surface area contributed by atoms with Gasteiger partial charge in [0.05, 0.1) is 11.8 Å². The molecule has 2 heterocycles. The van der Waals surface area contributed by atoms with Crippen molar-refractivity contribution in [3.8, 4) is 11.5 Å². The minimum absolute atomic E-state index is 0.0584. The highest BCUT2D eigenvalue weighted by molar-refractivity contribution is 7.99. The zero-order chi connectivity index (χ0) is 25.8. The average molecular weight is 510 g/mol. The average Bonchev–Trinajstić information content (AvgIpc) is 3.48. The van der Waals surface area contributed by atoms with Crippen molar-refractivity contribution in [2.45, 2.75) is 52.4 Å². The zero-order valence-electron chi connectivity index (χ0n) is 21.1. The van der Waals surface area contributed by atoms with Gasteiger partial charge in [0, 0.05) is 17.8 Å². The van der Waals surface area contributed by atoms with Crippen LogP contribution in [0.4, 0.5) is 5.69 Å². The Morgan fingerprint density at radius 3 is 2.58 bits per heavy atom. The molecule has 1 aliphatic heterocycles. The number of nitrogens with one attached hydrogen (secondary N) is 2. The first-order valence-corrected chi connectivity index (χ1v) is 12.9. The number of carbonyl (C=O) groups is 2. The van der Waals surface area contributed by atoms with Crippen LogP contribution in [0.5, 0.6) is 11.5 Å². The molecule has 1 atom stereocenters. The minimum atomic E-state index is -0.367. The lowest BCUT2D eigenvalue weighted by Crippen LogP contribution is -2.33. The van der Waals surface area contributed by atoms with Crippen molar-refractivity contribution in [2.75, 3.05) is 17.9 Å². The largest absolute Gasteiger partial charge is 0.454 e. The van der Waals surface area contributed by atoms with Crippen molar-refractivity contribution in [1.29, 1.82) is 0 Å². The molecular weight excluding hydrogens is 478 g/mol. The lowest BCUT2D eigenvalue weighted by atomic mass is 10.0. The Hall–Kier alpha value is -3.53. The third-order valence-corrected chi connectivity index (χ3v) is 6.88. The predicted octanol–water partition coefficient (Wildman–Crippen LogP) is 4.50. The number of amides is 2. The summed E-state index contributed by atoms with van der Waals surface area (Å²) in [5, 5.41) is 15.4. The molecule has 2 N–H and O–H groups in total. The van der Waals surface area contributed by atoms with Gasteiger partial charge in [-0.15, -0.1) is 10.2 Å². The molecule has 0 radical (unpaired) electrons. The summed E-state index contributed by atoms with van der Waals surface area (Å²) in [6.45, 7) is 10.8. The van der Waals surface area contributed by atoms with E-state index in [1.54, 1.807) is 18.2 Å². The van der Waals surface area contributed by atoms with Gasteiger partial charge in [-0.25, -0.2) is 0 Å². The molecule has 0 saturated heterocycles. The first-order valence-electron chi connectivity index (χ1n) is 11.9. The molecule has 190 valence electrons. The molecule has 4 rings (SSSR count). The van der Waals surface area contributed by atoms with E-state index in [1.807, 2.05) is 57.4 Å². The number of nitrogens with zero attached hydrogens (tertiary/aromatic N) is 3. The van der Waals surface area contributed by atoms with Gasteiger partial charge >= 0.3 is 0 Å². The maximum atomic E-state index is 13.1. The third-order valence-electron chi connectivity index (χ3n) is 5.92. The molecule has 0 spiro atoms. The number of fused-ring (bicyclic) bond motifs is 1. The summed E-state index contributed by atoms with van der Waals surface area (Å²) in [6.07, 6.45) is 0. The zero-order valence-corrected chi connectivity index (χ0v) is 21.9. The van der Waals surface area contributed by atoms with Crippen LogP contribution in [0.3, 0.4) is 0 Å². The molecule has 0 aliphatic carbocycles. The lowest BCUT2D eigenvalue weighted by molar-refractivity contribution is -0.113. The summed E-state index contributed by atoms with van der Waals surface area (Å²) in [7, 11) is 0. The van der Waals surface area contributed by atoms with Gasteiger partial charge in [0.15, 0.2) is 22.5 Å². The van der Waals surface area contributed by atoms with Crippen LogP contribution in [0.25, 0.3) is 0 Å². The van der Waals surface area contributed by atoms with Crippen LogP contribution in [0.15, 0.2) is 41.6 Å². The van der Waals surface area contributed by atoms with E-state index in [0.29, 0.717) is 34.6 Å². The number of aromatic nitrogens is 3. The van der Waals surface area contributed by atoms with E-state index in [4.69, 9.17) is 9.47 Å². The van der Waals surface area contributed by atoms with E-state index in [-0.39, 0.29) is 36.3 Å². The highest BCUT2D eigenvalue weighted by Gasteiger charge is 2.27.